The number of aliphatic hydroxyl groups is 3. The predicted octanol–water partition coefficient (Wildman–Crippen LogP) is 4.00. The third kappa shape index (κ3) is 6.51. The molecule has 13 heteroatoms. The standard InChI is InChI=1S/C36H45NO12/c1-15-10-9-11-16(2)35(46)37-26-21(14-38)31(43)23-24(32(26)44)30(42)20(6)33-25(23)34(45)36(7,49-33)48-13-12-22(47-8)17(3)28(40)19(5)29(41)18(4)27(15)39/h9-15,17-19,22,27-29,39-44H,1-8H3,(H,37,46)/b10-9+,13-12+,16-11+/t15-,17+,18+,19-,22-,27-,28+,29+,36-/m0/s1. The molecule has 2 aromatic rings. The van der Waals surface area contributed by atoms with E-state index in [1.807, 2.05) is 0 Å². The van der Waals surface area contributed by atoms with Crippen molar-refractivity contribution < 1.29 is 59.2 Å². The van der Waals surface area contributed by atoms with Gasteiger partial charge in [-0.3, -0.25) is 14.4 Å². The van der Waals surface area contributed by atoms with E-state index in [0.29, 0.717) is 0 Å². The van der Waals surface area contributed by atoms with Crippen LogP contribution >= 0.6 is 0 Å². The minimum absolute atomic E-state index is 0.00862. The fourth-order valence-electron chi connectivity index (χ4n) is 6.47. The SMILES string of the molecule is CO[C@H]1/C=C/O[C@@]2(C)Oc3c(C)c(O)c4c(O)c(c(C=O)c(O)c4c3C2=O)NC(=O)/C(C)=C/C=C/[C@H](C)[C@H](O)[C@@H](C)[C@@H](O)[C@@H](C)[C@H](O)[C@@H]1C. The van der Waals surface area contributed by atoms with Crippen LogP contribution in [0.3, 0.4) is 0 Å². The van der Waals surface area contributed by atoms with E-state index in [4.69, 9.17) is 14.2 Å². The number of carbonyl (C=O) groups excluding carboxylic acids is 3. The number of rotatable bonds is 2. The summed E-state index contributed by atoms with van der Waals surface area (Å²) in [6.07, 6.45) is 3.34. The number of fused-ring (bicyclic) bond motifs is 14. The average molecular weight is 684 g/mol. The Kier molecular flexibility index (Phi) is 10.8. The van der Waals surface area contributed by atoms with E-state index in [1.165, 1.54) is 46.1 Å². The second-order valence-corrected chi connectivity index (χ2v) is 13.2. The van der Waals surface area contributed by atoms with Gasteiger partial charge >= 0.3 is 5.79 Å². The lowest BCUT2D eigenvalue weighted by molar-refractivity contribution is -0.112. The summed E-state index contributed by atoms with van der Waals surface area (Å²) in [4.78, 5) is 39.4. The minimum Gasteiger partial charge on any atom is -0.507 e. The second-order valence-electron chi connectivity index (χ2n) is 13.2. The normalized spacial score (nSPS) is 33.7. The van der Waals surface area contributed by atoms with E-state index in [2.05, 4.69) is 5.32 Å². The summed E-state index contributed by atoms with van der Waals surface area (Å²) in [6.45, 7) is 10.9. The maximum atomic E-state index is 13.9. The van der Waals surface area contributed by atoms with Crippen molar-refractivity contribution in [3.05, 3.63) is 52.8 Å². The highest BCUT2D eigenvalue weighted by Crippen LogP contribution is 2.55. The number of methoxy groups -OCH3 is 1. The molecule has 1 amide bonds. The van der Waals surface area contributed by atoms with Crippen molar-refractivity contribution in [3.8, 4) is 23.0 Å². The molecule has 266 valence electrons. The Morgan fingerprint density at radius 3 is 2.10 bits per heavy atom. The molecular formula is C36H45NO12. The van der Waals surface area contributed by atoms with Gasteiger partial charge in [-0.2, -0.15) is 0 Å². The zero-order chi connectivity index (χ0) is 36.7. The van der Waals surface area contributed by atoms with Crippen LogP contribution in [0.25, 0.3) is 10.8 Å². The van der Waals surface area contributed by atoms with E-state index in [9.17, 15) is 45.0 Å². The van der Waals surface area contributed by atoms with Crippen LogP contribution < -0.4 is 10.1 Å². The van der Waals surface area contributed by atoms with Gasteiger partial charge in [-0.15, -0.1) is 0 Å². The minimum atomic E-state index is -2.05. The molecule has 7 N–H and O–H groups in total. The number of hydrogen-bond acceptors (Lipinski definition) is 12. The number of ketones is 1. The molecule has 0 saturated carbocycles. The van der Waals surface area contributed by atoms with E-state index in [0.717, 1.165) is 6.26 Å². The van der Waals surface area contributed by atoms with Crippen LogP contribution in [0.2, 0.25) is 0 Å². The molecule has 0 saturated heterocycles. The molecule has 0 fully saturated rings. The van der Waals surface area contributed by atoms with Crippen molar-refractivity contribution >= 4 is 34.4 Å². The van der Waals surface area contributed by atoms with Crippen LogP contribution in [0.15, 0.2) is 36.1 Å². The number of benzene rings is 2. The van der Waals surface area contributed by atoms with Crippen molar-refractivity contribution in [2.24, 2.45) is 23.7 Å². The van der Waals surface area contributed by atoms with Gasteiger partial charge in [0, 0.05) is 54.2 Å². The van der Waals surface area contributed by atoms with E-state index < -0.39 is 99.5 Å². The lowest BCUT2D eigenvalue weighted by Gasteiger charge is -2.36. The number of hydrogen-bond donors (Lipinski definition) is 7. The molecular weight excluding hydrogens is 638 g/mol. The molecule has 5 bridgehead atoms. The van der Waals surface area contributed by atoms with Gasteiger partial charge in [0.15, 0.2) is 12.0 Å². The Hall–Kier alpha value is -4.43. The zero-order valence-corrected chi connectivity index (χ0v) is 28.7. The number of Topliss-reactive ketones (excluding diaryl/α,β-unsaturated/α-hetero) is 1. The van der Waals surface area contributed by atoms with Crippen molar-refractivity contribution in [2.45, 2.75) is 78.7 Å². The fourth-order valence-corrected chi connectivity index (χ4v) is 6.47. The topological polar surface area (TPSA) is 212 Å². The summed E-state index contributed by atoms with van der Waals surface area (Å²) in [6, 6.07) is 0. The van der Waals surface area contributed by atoms with Gasteiger partial charge in [0.25, 0.3) is 11.7 Å². The van der Waals surface area contributed by atoms with Gasteiger partial charge in [0.05, 0.1) is 52.9 Å². The number of phenolic OH excluding ortho intramolecular Hbond substituents is 3. The summed E-state index contributed by atoms with van der Waals surface area (Å²) in [5.74, 6) is -8.42. The molecule has 0 radical (unpaired) electrons. The fraction of sp³-hybridized carbons (Fsp3) is 0.472. The van der Waals surface area contributed by atoms with Crippen molar-refractivity contribution in [3.63, 3.8) is 0 Å². The molecule has 3 aliphatic heterocycles. The molecule has 0 aliphatic carbocycles. The third-order valence-corrected chi connectivity index (χ3v) is 9.89. The Morgan fingerprint density at radius 1 is 0.878 bits per heavy atom. The maximum absolute atomic E-state index is 13.9. The number of aliphatic hydroxyl groups excluding tert-OH is 3. The van der Waals surface area contributed by atoms with Gasteiger partial charge in [0.1, 0.15) is 17.2 Å². The number of aldehydes is 1. The number of anilines is 1. The van der Waals surface area contributed by atoms with E-state index in [-0.39, 0.29) is 34.1 Å². The number of ether oxygens (including phenoxy) is 3. The smallest absolute Gasteiger partial charge is 0.312 e. The number of nitrogens with one attached hydrogen (secondary N) is 1. The summed E-state index contributed by atoms with van der Waals surface area (Å²) >= 11 is 0. The highest BCUT2D eigenvalue weighted by molar-refractivity contribution is 6.23. The number of amides is 1. The quantitative estimate of drug-likeness (QED) is 0.136. The average Bonchev–Trinajstić information content (AvgIpc) is 3.34. The lowest BCUT2D eigenvalue weighted by atomic mass is 9.78. The number of allylic oxidation sites excluding steroid dienone is 2. The van der Waals surface area contributed by atoms with Gasteiger partial charge in [-0.05, 0) is 19.9 Å². The molecule has 9 atom stereocenters. The van der Waals surface area contributed by atoms with Crippen molar-refractivity contribution in [2.75, 3.05) is 12.4 Å². The molecule has 5 rings (SSSR count). The van der Waals surface area contributed by atoms with Crippen LogP contribution in [0.5, 0.6) is 23.0 Å². The Morgan fingerprint density at radius 2 is 1.49 bits per heavy atom. The Balaban J connectivity index is 1.91. The maximum Gasteiger partial charge on any atom is 0.312 e. The Bertz CT molecular complexity index is 1750. The van der Waals surface area contributed by atoms with Crippen molar-refractivity contribution in [1.29, 1.82) is 0 Å². The molecule has 0 spiro atoms. The summed E-state index contributed by atoms with van der Waals surface area (Å²) < 4.78 is 17.3. The molecule has 13 nitrogen and oxygen atoms in total. The van der Waals surface area contributed by atoms with E-state index in [1.54, 1.807) is 33.8 Å². The second kappa shape index (κ2) is 14.2. The van der Waals surface area contributed by atoms with Crippen molar-refractivity contribution in [1.82, 2.24) is 0 Å². The predicted molar refractivity (Wildman–Crippen MR) is 180 cm³/mol. The van der Waals surface area contributed by atoms with Crippen LogP contribution in [0, 0.1) is 30.6 Å². The largest absolute Gasteiger partial charge is 0.507 e. The highest BCUT2D eigenvalue weighted by atomic mass is 16.7. The van der Waals surface area contributed by atoms with Gasteiger partial charge in [-0.1, -0.05) is 45.9 Å². The number of aromatic hydroxyl groups is 3. The molecule has 2 aromatic carbocycles. The van der Waals surface area contributed by atoms with Crippen LogP contribution in [0.1, 0.15) is 67.8 Å². The molecule has 0 aromatic heterocycles. The monoisotopic (exact) mass is 683 g/mol. The third-order valence-electron chi connectivity index (χ3n) is 9.89. The van der Waals surface area contributed by atoms with Crippen LogP contribution in [-0.2, 0) is 14.3 Å². The number of carbonyl (C=O) groups is 3. The highest BCUT2D eigenvalue weighted by Gasteiger charge is 2.49. The first-order chi connectivity index (χ1) is 22.9. The molecule has 49 heavy (non-hydrogen) atoms. The van der Waals surface area contributed by atoms with Gasteiger partial charge < -0.3 is 50.2 Å². The Labute approximate surface area is 284 Å². The van der Waals surface area contributed by atoms with Crippen LogP contribution in [0.4, 0.5) is 5.69 Å². The summed E-state index contributed by atoms with van der Waals surface area (Å²) in [5.41, 5.74) is -1.21. The zero-order valence-electron chi connectivity index (χ0n) is 28.7. The summed E-state index contributed by atoms with van der Waals surface area (Å²) in [7, 11) is 1.41. The first-order valence-corrected chi connectivity index (χ1v) is 16.0. The first-order valence-electron chi connectivity index (χ1n) is 16.0. The molecule has 0 unspecified atom stereocenters. The lowest BCUT2D eigenvalue weighted by Crippen LogP contribution is -2.44. The van der Waals surface area contributed by atoms with Gasteiger partial charge in [-0.25, -0.2) is 0 Å². The molecule has 3 aliphatic rings. The van der Waals surface area contributed by atoms with E-state index >= 15 is 0 Å². The molecule has 3 heterocycles. The first kappa shape index (κ1) is 37.4. The van der Waals surface area contributed by atoms with Crippen LogP contribution in [-0.4, -0.2) is 85.9 Å². The number of phenols is 3. The summed E-state index contributed by atoms with van der Waals surface area (Å²) in [5, 5.41) is 68.9. The van der Waals surface area contributed by atoms with Gasteiger partial charge in [0.2, 0.25) is 0 Å².